The first-order valence-corrected chi connectivity index (χ1v) is 11.3. The van der Waals surface area contributed by atoms with Crippen LogP contribution in [0.25, 0.3) is 17.2 Å². The molecular formula is C26H27NO4S. The van der Waals surface area contributed by atoms with Gasteiger partial charge in [0.25, 0.3) is 0 Å². The van der Waals surface area contributed by atoms with Crippen LogP contribution in [0.15, 0.2) is 60.7 Å². The molecule has 0 atom stereocenters. The number of carbonyl (C=O) groups excluding carboxylic acids is 2. The third-order valence-electron chi connectivity index (χ3n) is 4.85. The lowest BCUT2D eigenvalue weighted by Crippen LogP contribution is -2.11. The number of hydrogen-bond acceptors (Lipinski definition) is 5. The van der Waals surface area contributed by atoms with Crippen molar-refractivity contribution in [3.05, 3.63) is 76.7 Å². The molecule has 0 fully saturated rings. The Bertz CT molecular complexity index is 1090. The van der Waals surface area contributed by atoms with Crippen molar-refractivity contribution in [2.75, 3.05) is 19.0 Å². The fraction of sp³-hybridized carbons (Fsp3) is 0.231. The molecule has 0 saturated heterocycles. The van der Waals surface area contributed by atoms with Crippen LogP contribution in [0.5, 0.6) is 5.75 Å². The van der Waals surface area contributed by atoms with Crippen LogP contribution in [-0.4, -0.2) is 25.6 Å². The molecule has 0 bridgehead atoms. The van der Waals surface area contributed by atoms with E-state index in [1.54, 1.807) is 6.08 Å². The number of rotatable bonds is 9. The molecule has 5 nitrogen and oxygen atoms in total. The molecule has 166 valence electrons. The number of amides is 1. The number of benzene rings is 2. The van der Waals surface area contributed by atoms with Crippen LogP contribution < -0.4 is 10.1 Å². The highest BCUT2D eigenvalue weighted by Gasteiger charge is 2.24. The van der Waals surface area contributed by atoms with E-state index in [1.807, 2.05) is 61.5 Å². The fourth-order valence-corrected chi connectivity index (χ4v) is 4.28. The van der Waals surface area contributed by atoms with Crippen LogP contribution in [-0.2, 0) is 9.53 Å². The van der Waals surface area contributed by atoms with E-state index in [1.165, 1.54) is 24.5 Å². The largest absolute Gasteiger partial charge is 0.494 e. The second-order valence-corrected chi connectivity index (χ2v) is 8.41. The lowest BCUT2D eigenvalue weighted by molar-refractivity contribution is -0.111. The fourth-order valence-electron chi connectivity index (χ4n) is 3.22. The zero-order valence-corrected chi connectivity index (χ0v) is 19.3. The summed E-state index contributed by atoms with van der Waals surface area (Å²) in [5.41, 5.74) is 2.93. The van der Waals surface area contributed by atoms with E-state index in [9.17, 15) is 9.59 Å². The Morgan fingerprint density at radius 3 is 2.44 bits per heavy atom. The van der Waals surface area contributed by atoms with Gasteiger partial charge in [0, 0.05) is 16.5 Å². The first kappa shape index (κ1) is 23.3. The van der Waals surface area contributed by atoms with E-state index >= 15 is 0 Å². The maximum Gasteiger partial charge on any atom is 0.341 e. The van der Waals surface area contributed by atoms with E-state index in [-0.39, 0.29) is 5.91 Å². The quantitative estimate of drug-likeness (QED) is 0.235. The monoisotopic (exact) mass is 449 g/mol. The summed E-state index contributed by atoms with van der Waals surface area (Å²) in [6.07, 6.45) is 5.28. The van der Waals surface area contributed by atoms with Crippen molar-refractivity contribution >= 4 is 34.3 Å². The molecule has 0 unspecified atom stereocenters. The van der Waals surface area contributed by atoms with Gasteiger partial charge in [-0.15, -0.1) is 11.3 Å². The van der Waals surface area contributed by atoms with Crippen LogP contribution in [0.3, 0.4) is 0 Å². The normalized spacial score (nSPS) is 10.8. The number of methoxy groups -OCH3 is 1. The summed E-state index contributed by atoms with van der Waals surface area (Å²) in [4.78, 5) is 26.0. The molecule has 2 aromatic carbocycles. The van der Waals surface area contributed by atoms with Crippen LogP contribution in [0.2, 0.25) is 0 Å². The summed E-state index contributed by atoms with van der Waals surface area (Å²) in [5.74, 6) is 0.00991. The summed E-state index contributed by atoms with van der Waals surface area (Å²) in [6.45, 7) is 4.74. The molecule has 0 aliphatic heterocycles. The topological polar surface area (TPSA) is 64.6 Å². The van der Waals surface area contributed by atoms with E-state index in [0.717, 1.165) is 40.2 Å². The average molecular weight is 450 g/mol. The molecule has 1 amide bonds. The number of thiophene rings is 1. The van der Waals surface area contributed by atoms with Gasteiger partial charge < -0.3 is 14.8 Å². The Labute approximate surface area is 192 Å². The van der Waals surface area contributed by atoms with Gasteiger partial charge in [-0.1, -0.05) is 55.8 Å². The standard InChI is InChI=1S/C26H27NO4S/c1-4-5-17-31-21-14-11-19(12-15-21)13-16-22(28)27-25-24(26(29)30-3)23(18(2)32-25)20-9-7-6-8-10-20/h6-16H,4-5,17H2,1-3H3,(H,27,28). The van der Waals surface area contributed by atoms with Gasteiger partial charge >= 0.3 is 5.97 Å². The van der Waals surface area contributed by atoms with E-state index in [2.05, 4.69) is 12.2 Å². The molecular weight excluding hydrogens is 422 g/mol. The minimum absolute atomic E-state index is 0.320. The molecule has 1 heterocycles. The first-order valence-electron chi connectivity index (χ1n) is 10.5. The van der Waals surface area contributed by atoms with Crippen LogP contribution in [0.4, 0.5) is 5.00 Å². The van der Waals surface area contributed by atoms with Crippen LogP contribution >= 0.6 is 11.3 Å². The van der Waals surface area contributed by atoms with Crippen molar-refractivity contribution in [2.45, 2.75) is 26.7 Å². The molecule has 1 N–H and O–H groups in total. The first-order chi connectivity index (χ1) is 15.5. The highest BCUT2D eigenvalue weighted by Crippen LogP contribution is 2.40. The number of anilines is 1. The van der Waals surface area contributed by atoms with Gasteiger partial charge in [-0.05, 0) is 42.7 Å². The molecule has 3 aromatic rings. The second-order valence-electron chi connectivity index (χ2n) is 7.19. The Balaban J connectivity index is 1.75. The molecule has 1 aromatic heterocycles. The number of hydrogen-bond donors (Lipinski definition) is 1. The maximum atomic E-state index is 12.6. The number of aryl methyl sites for hydroxylation is 1. The van der Waals surface area contributed by atoms with E-state index in [0.29, 0.717) is 17.2 Å². The molecule has 0 aliphatic rings. The Morgan fingerprint density at radius 2 is 1.78 bits per heavy atom. The minimum atomic E-state index is -0.480. The van der Waals surface area contributed by atoms with Crippen LogP contribution in [0, 0.1) is 6.92 Å². The van der Waals surface area contributed by atoms with Gasteiger partial charge in [0.15, 0.2) is 0 Å². The molecule has 0 aliphatic carbocycles. The van der Waals surface area contributed by atoms with Crippen molar-refractivity contribution < 1.29 is 19.1 Å². The number of unbranched alkanes of at least 4 members (excludes halogenated alkanes) is 1. The Hall–Kier alpha value is -3.38. The smallest absolute Gasteiger partial charge is 0.341 e. The van der Waals surface area contributed by atoms with Gasteiger partial charge in [0.2, 0.25) is 5.91 Å². The third-order valence-corrected chi connectivity index (χ3v) is 5.87. The summed E-state index contributed by atoms with van der Waals surface area (Å²) in [7, 11) is 1.34. The molecule has 0 spiro atoms. The number of ether oxygens (including phenoxy) is 2. The lowest BCUT2D eigenvalue weighted by Gasteiger charge is -2.07. The number of esters is 1. The van der Waals surface area contributed by atoms with Crippen molar-refractivity contribution in [1.82, 2.24) is 0 Å². The summed E-state index contributed by atoms with van der Waals surface area (Å²) < 4.78 is 10.7. The van der Waals surface area contributed by atoms with E-state index in [4.69, 9.17) is 9.47 Å². The lowest BCUT2D eigenvalue weighted by atomic mass is 10.0. The molecule has 32 heavy (non-hydrogen) atoms. The minimum Gasteiger partial charge on any atom is -0.494 e. The third kappa shape index (κ3) is 5.86. The number of carbonyl (C=O) groups is 2. The van der Waals surface area contributed by atoms with Crippen LogP contribution in [0.1, 0.15) is 40.6 Å². The second kappa shape index (κ2) is 11.3. The van der Waals surface area contributed by atoms with Crippen molar-refractivity contribution in [1.29, 1.82) is 0 Å². The Kier molecular flexibility index (Phi) is 8.22. The SMILES string of the molecule is CCCCOc1ccc(C=CC(=O)Nc2sc(C)c(-c3ccccc3)c2C(=O)OC)cc1. The zero-order chi connectivity index (χ0) is 22.9. The van der Waals surface area contributed by atoms with Gasteiger partial charge in [0.05, 0.1) is 13.7 Å². The molecule has 0 radical (unpaired) electrons. The van der Waals surface area contributed by atoms with Gasteiger partial charge in [-0.3, -0.25) is 4.79 Å². The van der Waals surface area contributed by atoms with Gasteiger partial charge in [-0.2, -0.15) is 0 Å². The molecule has 0 saturated carbocycles. The molecule has 3 rings (SSSR count). The summed E-state index contributed by atoms with van der Waals surface area (Å²) in [6, 6.07) is 17.2. The van der Waals surface area contributed by atoms with Gasteiger partial charge in [0.1, 0.15) is 16.3 Å². The summed E-state index contributed by atoms with van der Waals surface area (Å²) in [5, 5.41) is 3.31. The van der Waals surface area contributed by atoms with Crippen molar-refractivity contribution in [3.8, 4) is 16.9 Å². The van der Waals surface area contributed by atoms with Crippen molar-refractivity contribution in [3.63, 3.8) is 0 Å². The average Bonchev–Trinajstić information content (AvgIpc) is 3.14. The predicted molar refractivity (Wildman–Crippen MR) is 130 cm³/mol. The Morgan fingerprint density at radius 1 is 1.06 bits per heavy atom. The van der Waals surface area contributed by atoms with E-state index < -0.39 is 5.97 Å². The maximum absolute atomic E-state index is 12.6. The molecule has 6 heteroatoms. The van der Waals surface area contributed by atoms with Crippen molar-refractivity contribution in [2.24, 2.45) is 0 Å². The highest BCUT2D eigenvalue weighted by molar-refractivity contribution is 7.17. The predicted octanol–water partition coefficient (Wildman–Crippen LogP) is 6.34. The van der Waals surface area contributed by atoms with Gasteiger partial charge in [-0.25, -0.2) is 4.79 Å². The number of nitrogens with one attached hydrogen (secondary N) is 1. The highest BCUT2D eigenvalue weighted by atomic mass is 32.1. The summed E-state index contributed by atoms with van der Waals surface area (Å²) >= 11 is 1.36. The zero-order valence-electron chi connectivity index (χ0n) is 18.5.